The second-order valence-corrected chi connectivity index (χ2v) is 4.19. The quantitative estimate of drug-likeness (QED) is 0.873. The molecule has 0 fully saturated rings. The molecule has 2 aromatic rings. The maximum absolute atomic E-state index is 5.82. The number of rotatable bonds is 4. The summed E-state index contributed by atoms with van der Waals surface area (Å²) < 4.78 is 0. The minimum absolute atomic E-state index is 0.529. The van der Waals surface area contributed by atoms with Crippen molar-refractivity contribution in [1.29, 1.82) is 0 Å². The number of hydrogen-bond acceptors (Lipinski definition) is 3. The summed E-state index contributed by atoms with van der Waals surface area (Å²) in [6, 6.07) is 13.4. The fraction of sp³-hybridized carbons (Fsp3) is 0.154. The molecule has 88 valence electrons. The first kappa shape index (κ1) is 11.7. The highest BCUT2D eigenvalue weighted by molar-refractivity contribution is 6.30. The molecule has 0 amide bonds. The van der Waals surface area contributed by atoms with Gasteiger partial charge in [0.25, 0.3) is 0 Å². The van der Waals surface area contributed by atoms with Crippen molar-refractivity contribution in [3.63, 3.8) is 0 Å². The van der Waals surface area contributed by atoms with Gasteiger partial charge in [-0.05, 0) is 36.2 Å². The molecule has 0 saturated carbocycles. The molecule has 1 heterocycles. The van der Waals surface area contributed by atoms with E-state index in [2.05, 4.69) is 10.3 Å². The Labute approximate surface area is 106 Å². The molecule has 0 atom stereocenters. The van der Waals surface area contributed by atoms with Crippen molar-refractivity contribution in [2.75, 3.05) is 17.6 Å². The topological polar surface area (TPSA) is 50.9 Å². The Morgan fingerprint density at radius 2 is 1.88 bits per heavy atom. The summed E-state index contributed by atoms with van der Waals surface area (Å²) in [5.41, 5.74) is 6.83. The van der Waals surface area contributed by atoms with Crippen molar-refractivity contribution in [1.82, 2.24) is 4.98 Å². The van der Waals surface area contributed by atoms with Crippen LogP contribution in [0.25, 0.3) is 0 Å². The average molecular weight is 248 g/mol. The van der Waals surface area contributed by atoms with Crippen LogP contribution < -0.4 is 11.1 Å². The first-order valence-corrected chi connectivity index (χ1v) is 5.83. The van der Waals surface area contributed by atoms with Crippen LogP contribution in [0.1, 0.15) is 5.56 Å². The Balaban J connectivity index is 1.85. The smallest absolute Gasteiger partial charge is 0.128 e. The lowest BCUT2D eigenvalue weighted by Crippen LogP contribution is -2.06. The zero-order chi connectivity index (χ0) is 12.1. The van der Waals surface area contributed by atoms with Crippen LogP contribution in [0.3, 0.4) is 0 Å². The molecule has 0 saturated heterocycles. The highest BCUT2D eigenvalue weighted by Crippen LogP contribution is 2.10. The van der Waals surface area contributed by atoms with Gasteiger partial charge in [-0.1, -0.05) is 29.8 Å². The van der Waals surface area contributed by atoms with Gasteiger partial charge in [-0.3, -0.25) is 0 Å². The molecule has 1 aromatic heterocycles. The number of hydrogen-bond donors (Lipinski definition) is 2. The molecule has 3 N–H and O–H groups in total. The second kappa shape index (κ2) is 5.55. The van der Waals surface area contributed by atoms with Crippen molar-refractivity contribution >= 4 is 23.2 Å². The molecule has 0 aliphatic heterocycles. The van der Waals surface area contributed by atoms with Crippen LogP contribution in [0.15, 0.2) is 42.5 Å². The van der Waals surface area contributed by atoms with E-state index in [1.165, 1.54) is 5.56 Å². The van der Waals surface area contributed by atoms with Gasteiger partial charge >= 0.3 is 0 Å². The lowest BCUT2D eigenvalue weighted by Gasteiger charge is -2.06. The highest BCUT2D eigenvalue weighted by atomic mass is 35.5. The Morgan fingerprint density at radius 1 is 1.12 bits per heavy atom. The average Bonchev–Trinajstić information content (AvgIpc) is 2.32. The van der Waals surface area contributed by atoms with E-state index in [9.17, 15) is 0 Å². The van der Waals surface area contributed by atoms with Crippen LogP contribution in [0.5, 0.6) is 0 Å². The largest absolute Gasteiger partial charge is 0.384 e. The molecule has 0 spiro atoms. The van der Waals surface area contributed by atoms with Crippen molar-refractivity contribution in [2.24, 2.45) is 0 Å². The molecule has 4 heteroatoms. The monoisotopic (exact) mass is 247 g/mol. The van der Waals surface area contributed by atoms with Gasteiger partial charge in [0, 0.05) is 11.6 Å². The number of pyridine rings is 1. The molecule has 0 radical (unpaired) electrons. The van der Waals surface area contributed by atoms with Gasteiger partial charge in [0.1, 0.15) is 11.6 Å². The van der Waals surface area contributed by atoms with Crippen LogP contribution in [0.4, 0.5) is 11.6 Å². The summed E-state index contributed by atoms with van der Waals surface area (Å²) in [5, 5.41) is 3.99. The summed E-state index contributed by atoms with van der Waals surface area (Å²) in [6.45, 7) is 0.818. The van der Waals surface area contributed by atoms with E-state index in [-0.39, 0.29) is 0 Å². The minimum Gasteiger partial charge on any atom is -0.384 e. The number of halogens is 1. The Hall–Kier alpha value is -1.74. The highest BCUT2D eigenvalue weighted by Gasteiger charge is 1.96. The van der Waals surface area contributed by atoms with E-state index in [4.69, 9.17) is 17.3 Å². The predicted octanol–water partition coefficient (Wildman–Crippen LogP) is 2.97. The third-order valence-electron chi connectivity index (χ3n) is 2.40. The third kappa shape index (κ3) is 3.64. The van der Waals surface area contributed by atoms with Crippen molar-refractivity contribution < 1.29 is 0 Å². The lowest BCUT2D eigenvalue weighted by atomic mass is 10.1. The molecule has 0 bridgehead atoms. The molecule has 17 heavy (non-hydrogen) atoms. The van der Waals surface area contributed by atoms with Gasteiger partial charge in [0.2, 0.25) is 0 Å². The molecular formula is C13H14ClN3. The summed E-state index contributed by atoms with van der Waals surface area (Å²) in [7, 11) is 0. The van der Waals surface area contributed by atoms with E-state index >= 15 is 0 Å². The maximum Gasteiger partial charge on any atom is 0.128 e. The maximum atomic E-state index is 5.82. The summed E-state index contributed by atoms with van der Waals surface area (Å²) in [4.78, 5) is 4.16. The minimum atomic E-state index is 0.529. The molecule has 3 nitrogen and oxygen atoms in total. The van der Waals surface area contributed by atoms with E-state index in [1.807, 2.05) is 36.4 Å². The molecule has 0 aliphatic carbocycles. The zero-order valence-corrected chi connectivity index (χ0v) is 10.1. The van der Waals surface area contributed by atoms with E-state index in [0.29, 0.717) is 5.82 Å². The Kier molecular flexibility index (Phi) is 3.83. The number of benzene rings is 1. The van der Waals surface area contributed by atoms with Crippen molar-refractivity contribution in [3.8, 4) is 0 Å². The summed E-state index contributed by atoms with van der Waals surface area (Å²) in [5.74, 6) is 1.33. The SMILES string of the molecule is Nc1cccc(NCCc2ccc(Cl)cc2)n1. The predicted molar refractivity (Wildman–Crippen MR) is 72.3 cm³/mol. The van der Waals surface area contributed by atoms with Gasteiger partial charge in [0.15, 0.2) is 0 Å². The third-order valence-corrected chi connectivity index (χ3v) is 2.66. The van der Waals surface area contributed by atoms with Gasteiger partial charge < -0.3 is 11.1 Å². The Morgan fingerprint density at radius 3 is 2.59 bits per heavy atom. The van der Waals surface area contributed by atoms with Gasteiger partial charge in [-0.2, -0.15) is 0 Å². The molecule has 0 unspecified atom stereocenters. The second-order valence-electron chi connectivity index (χ2n) is 3.75. The van der Waals surface area contributed by atoms with Crippen molar-refractivity contribution in [2.45, 2.75) is 6.42 Å². The number of aromatic nitrogens is 1. The van der Waals surface area contributed by atoms with Crippen LogP contribution in [-0.2, 0) is 6.42 Å². The number of nitrogens with one attached hydrogen (secondary N) is 1. The molecule has 1 aromatic carbocycles. The molecular weight excluding hydrogens is 234 g/mol. The van der Waals surface area contributed by atoms with Gasteiger partial charge in [-0.25, -0.2) is 4.98 Å². The summed E-state index contributed by atoms with van der Waals surface area (Å²) in [6.07, 6.45) is 0.924. The number of nitrogens with zero attached hydrogens (tertiary/aromatic N) is 1. The fourth-order valence-corrected chi connectivity index (χ4v) is 1.66. The summed E-state index contributed by atoms with van der Waals surface area (Å²) >= 11 is 5.82. The van der Waals surface area contributed by atoms with E-state index in [0.717, 1.165) is 23.8 Å². The number of nitrogen functional groups attached to an aromatic ring is 1. The fourth-order valence-electron chi connectivity index (χ4n) is 1.54. The number of nitrogens with two attached hydrogens (primary N) is 1. The van der Waals surface area contributed by atoms with Gasteiger partial charge in [0.05, 0.1) is 0 Å². The molecule has 0 aliphatic rings. The number of anilines is 2. The van der Waals surface area contributed by atoms with Crippen LogP contribution in [0.2, 0.25) is 5.02 Å². The van der Waals surface area contributed by atoms with Crippen LogP contribution in [-0.4, -0.2) is 11.5 Å². The van der Waals surface area contributed by atoms with Crippen LogP contribution >= 0.6 is 11.6 Å². The van der Waals surface area contributed by atoms with Gasteiger partial charge in [-0.15, -0.1) is 0 Å². The van der Waals surface area contributed by atoms with E-state index in [1.54, 1.807) is 6.07 Å². The first-order chi connectivity index (χ1) is 8.24. The standard InChI is InChI=1S/C13H14ClN3/c14-11-6-4-10(5-7-11)8-9-16-13-3-1-2-12(15)17-13/h1-7H,8-9H2,(H3,15,16,17). The van der Waals surface area contributed by atoms with E-state index < -0.39 is 0 Å². The lowest BCUT2D eigenvalue weighted by molar-refractivity contribution is 1.01. The normalized spacial score (nSPS) is 10.2. The van der Waals surface area contributed by atoms with Crippen LogP contribution in [0, 0.1) is 0 Å². The molecule has 2 rings (SSSR count). The van der Waals surface area contributed by atoms with Crippen molar-refractivity contribution in [3.05, 3.63) is 53.1 Å². The first-order valence-electron chi connectivity index (χ1n) is 5.45. The Bertz CT molecular complexity index is 482. The zero-order valence-electron chi connectivity index (χ0n) is 9.36.